The van der Waals surface area contributed by atoms with Crippen LogP contribution < -0.4 is 10.6 Å². The fourth-order valence-corrected chi connectivity index (χ4v) is 4.22. The van der Waals surface area contributed by atoms with Gasteiger partial charge in [-0.15, -0.1) is 5.10 Å². The van der Waals surface area contributed by atoms with Crippen molar-refractivity contribution in [2.24, 2.45) is 0 Å². The summed E-state index contributed by atoms with van der Waals surface area (Å²) in [6, 6.07) is 10.6. The number of amides is 1. The van der Waals surface area contributed by atoms with E-state index in [1.54, 1.807) is 41.0 Å². The van der Waals surface area contributed by atoms with Crippen molar-refractivity contribution >= 4 is 40.9 Å². The van der Waals surface area contributed by atoms with Crippen LogP contribution in [-0.2, 0) is 4.79 Å². The Labute approximate surface area is 184 Å². The highest BCUT2D eigenvalue weighted by molar-refractivity contribution is 7.99. The van der Waals surface area contributed by atoms with Gasteiger partial charge in [0.2, 0.25) is 11.1 Å². The van der Waals surface area contributed by atoms with Gasteiger partial charge in [-0.2, -0.15) is 4.98 Å². The van der Waals surface area contributed by atoms with Gasteiger partial charge in [0.1, 0.15) is 6.04 Å². The molecule has 0 saturated heterocycles. The summed E-state index contributed by atoms with van der Waals surface area (Å²) < 4.78 is 1.74. The number of pyridine rings is 1. The van der Waals surface area contributed by atoms with Crippen molar-refractivity contribution in [3.63, 3.8) is 0 Å². The largest absolute Gasteiger partial charge is 0.328 e. The predicted molar refractivity (Wildman–Crippen MR) is 120 cm³/mol. The van der Waals surface area contributed by atoms with Crippen molar-refractivity contribution in [3.8, 4) is 0 Å². The molecule has 2 N–H and O–H groups in total. The molecule has 0 saturated carbocycles. The Kier molecular flexibility index (Phi) is 6.06. The van der Waals surface area contributed by atoms with E-state index in [9.17, 15) is 4.79 Å². The lowest BCUT2D eigenvalue weighted by molar-refractivity contribution is -0.113. The van der Waals surface area contributed by atoms with Crippen molar-refractivity contribution < 1.29 is 4.79 Å². The zero-order chi connectivity index (χ0) is 21.1. The monoisotopic (exact) mass is 440 g/mol. The Morgan fingerprint density at radius 3 is 2.87 bits per heavy atom. The number of thioether (sulfide) groups is 1. The lowest BCUT2D eigenvalue weighted by Crippen LogP contribution is -2.31. The average molecular weight is 441 g/mol. The molecule has 0 spiro atoms. The summed E-state index contributed by atoms with van der Waals surface area (Å²) in [5.41, 5.74) is 2.63. The van der Waals surface area contributed by atoms with Gasteiger partial charge >= 0.3 is 0 Å². The third-order valence-electron chi connectivity index (χ3n) is 4.63. The molecule has 3 aromatic rings. The Morgan fingerprint density at radius 2 is 2.13 bits per heavy atom. The first-order valence-electron chi connectivity index (χ1n) is 9.61. The van der Waals surface area contributed by atoms with Crippen molar-refractivity contribution in [1.82, 2.24) is 19.7 Å². The number of hydrogen-bond donors (Lipinski definition) is 2. The van der Waals surface area contributed by atoms with Gasteiger partial charge in [0, 0.05) is 28.2 Å². The van der Waals surface area contributed by atoms with E-state index in [1.165, 1.54) is 0 Å². The maximum absolute atomic E-state index is 13.3. The van der Waals surface area contributed by atoms with Crippen LogP contribution in [0, 0.1) is 0 Å². The summed E-state index contributed by atoms with van der Waals surface area (Å²) in [6.45, 7) is 3.97. The van der Waals surface area contributed by atoms with Gasteiger partial charge in [-0.3, -0.25) is 9.78 Å². The molecular weight excluding hydrogens is 420 g/mol. The number of nitrogens with one attached hydrogen (secondary N) is 2. The second-order valence-electron chi connectivity index (χ2n) is 6.79. The van der Waals surface area contributed by atoms with Crippen LogP contribution in [0.1, 0.15) is 31.9 Å². The topological polar surface area (TPSA) is 84.7 Å². The normalized spacial score (nSPS) is 15.5. The van der Waals surface area contributed by atoms with Crippen LogP contribution in [0.2, 0.25) is 5.02 Å². The molecule has 0 bridgehead atoms. The van der Waals surface area contributed by atoms with E-state index in [4.69, 9.17) is 11.6 Å². The maximum atomic E-state index is 13.3. The molecule has 9 heteroatoms. The SMILES string of the molecule is CCCSc1nc2n(n1)C(c1ccccc1Cl)C(C(=O)Nc1cccnc1)=C(C)N2. The van der Waals surface area contributed by atoms with Crippen molar-refractivity contribution in [1.29, 1.82) is 0 Å². The zero-order valence-electron chi connectivity index (χ0n) is 16.6. The molecule has 1 aromatic carbocycles. The second kappa shape index (κ2) is 8.89. The Hall–Kier alpha value is -2.84. The highest BCUT2D eigenvalue weighted by Crippen LogP contribution is 2.39. The fraction of sp³-hybridized carbons (Fsp3) is 0.238. The molecule has 1 atom stereocenters. The van der Waals surface area contributed by atoms with Crippen LogP contribution in [0.3, 0.4) is 0 Å². The standard InChI is InChI=1S/C21H21ClN6OS/c1-3-11-30-21-26-20-24-13(2)17(19(29)25-14-7-6-10-23-12-14)18(28(20)27-21)15-8-4-5-9-16(15)22/h4-10,12,18H,3,11H2,1-2H3,(H,25,29)(H,24,26,27). The molecule has 1 amide bonds. The molecule has 1 unspecified atom stereocenters. The highest BCUT2D eigenvalue weighted by atomic mass is 35.5. The highest BCUT2D eigenvalue weighted by Gasteiger charge is 2.35. The summed E-state index contributed by atoms with van der Waals surface area (Å²) >= 11 is 8.13. The molecule has 1 aliphatic rings. The number of fused-ring (bicyclic) bond motifs is 1. The van der Waals surface area contributed by atoms with Gasteiger partial charge < -0.3 is 10.6 Å². The van der Waals surface area contributed by atoms with E-state index in [1.807, 2.05) is 31.2 Å². The number of benzene rings is 1. The number of hydrogen-bond acceptors (Lipinski definition) is 6. The molecule has 7 nitrogen and oxygen atoms in total. The minimum atomic E-state index is -0.505. The lowest BCUT2D eigenvalue weighted by Gasteiger charge is -2.29. The van der Waals surface area contributed by atoms with Crippen LogP contribution in [0.5, 0.6) is 0 Å². The molecule has 1 aliphatic heterocycles. The third-order valence-corrected chi connectivity index (χ3v) is 6.02. The quantitative estimate of drug-likeness (QED) is 0.538. The molecule has 0 fully saturated rings. The predicted octanol–water partition coefficient (Wildman–Crippen LogP) is 4.76. The summed E-state index contributed by atoms with van der Waals surface area (Å²) in [5, 5.41) is 12.1. The summed E-state index contributed by atoms with van der Waals surface area (Å²) in [5.74, 6) is 1.26. The third kappa shape index (κ3) is 4.06. The van der Waals surface area contributed by atoms with Crippen LogP contribution in [0.25, 0.3) is 0 Å². The fourth-order valence-electron chi connectivity index (χ4n) is 3.30. The Balaban J connectivity index is 1.78. The van der Waals surface area contributed by atoms with Gasteiger partial charge in [-0.05, 0) is 31.5 Å². The van der Waals surface area contributed by atoms with E-state index in [-0.39, 0.29) is 5.91 Å². The number of anilines is 2. The van der Waals surface area contributed by atoms with Gasteiger partial charge in [0.15, 0.2) is 0 Å². The number of halogens is 1. The maximum Gasteiger partial charge on any atom is 0.255 e. The second-order valence-corrected chi connectivity index (χ2v) is 8.26. The van der Waals surface area contributed by atoms with Crippen LogP contribution in [0.4, 0.5) is 11.6 Å². The first-order chi connectivity index (χ1) is 14.6. The number of nitrogens with zero attached hydrogens (tertiary/aromatic N) is 4. The summed E-state index contributed by atoms with van der Waals surface area (Å²) in [4.78, 5) is 22.0. The molecule has 154 valence electrons. The minimum Gasteiger partial charge on any atom is -0.328 e. The number of carbonyl (C=O) groups is 1. The van der Waals surface area contributed by atoms with Gasteiger partial charge in [-0.25, -0.2) is 4.68 Å². The number of allylic oxidation sites excluding steroid dienone is 1. The van der Waals surface area contributed by atoms with Crippen molar-refractivity contribution in [3.05, 3.63) is 70.6 Å². The smallest absolute Gasteiger partial charge is 0.255 e. The van der Waals surface area contributed by atoms with Crippen molar-refractivity contribution in [2.75, 3.05) is 16.4 Å². The first-order valence-corrected chi connectivity index (χ1v) is 11.0. The Morgan fingerprint density at radius 1 is 1.30 bits per heavy atom. The van der Waals surface area contributed by atoms with Gasteiger partial charge in [0.25, 0.3) is 5.91 Å². The Bertz CT molecular complexity index is 1100. The minimum absolute atomic E-state index is 0.248. The molecule has 2 aromatic heterocycles. The zero-order valence-corrected chi connectivity index (χ0v) is 18.2. The van der Waals surface area contributed by atoms with Gasteiger partial charge in [-0.1, -0.05) is 48.5 Å². The van der Waals surface area contributed by atoms with Crippen molar-refractivity contribution in [2.45, 2.75) is 31.5 Å². The molecular formula is C21H21ClN6OS. The lowest BCUT2D eigenvalue weighted by atomic mass is 9.95. The number of rotatable bonds is 6. The first kappa shape index (κ1) is 20.4. The van der Waals surface area contributed by atoms with E-state index in [0.717, 1.165) is 17.7 Å². The van der Waals surface area contributed by atoms with E-state index in [0.29, 0.717) is 33.1 Å². The van der Waals surface area contributed by atoms with Crippen LogP contribution in [0.15, 0.2) is 65.2 Å². The molecule has 0 radical (unpaired) electrons. The molecule has 0 aliphatic carbocycles. The van der Waals surface area contributed by atoms with Crippen LogP contribution in [-0.4, -0.2) is 31.4 Å². The summed E-state index contributed by atoms with van der Waals surface area (Å²) in [6.07, 6.45) is 4.28. The number of aromatic nitrogens is 4. The average Bonchev–Trinajstić information content (AvgIpc) is 3.14. The molecule has 4 rings (SSSR count). The van der Waals surface area contributed by atoms with Gasteiger partial charge in [0.05, 0.1) is 17.5 Å². The van der Waals surface area contributed by atoms with E-state index in [2.05, 4.69) is 32.6 Å². The molecule has 3 heterocycles. The van der Waals surface area contributed by atoms with Crippen LogP contribution >= 0.6 is 23.4 Å². The van der Waals surface area contributed by atoms with E-state index >= 15 is 0 Å². The summed E-state index contributed by atoms with van der Waals surface area (Å²) in [7, 11) is 0. The van der Waals surface area contributed by atoms with E-state index < -0.39 is 6.04 Å². The number of carbonyl (C=O) groups excluding carboxylic acids is 1. The molecule has 30 heavy (non-hydrogen) atoms.